The van der Waals surface area contributed by atoms with E-state index in [4.69, 9.17) is 4.84 Å². The second kappa shape index (κ2) is 7.26. The first-order valence-corrected chi connectivity index (χ1v) is 7.80. The molecule has 2 atom stereocenters. The number of hydrazine groups is 1. The number of rotatable bonds is 8. The quantitative estimate of drug-likeness (QED) is 0.436. The number of nitroso groups, excluding NO2 is 1. The van der Waals surface area contributed by atoms with Crippen molar-refractivity contribution in [1.29, 1.82) is 0 Å². The normalized spacial score (nSPS) is 22.4. The Hall–Kier alpha value is -2.68. The van der Waals surface area contributed by atoms with Crippen LogP contribution in [0.15, 0.2) is 35.6 Å². The predicted octanol–water partition coefficient (Wildman–Crippen LogP) is 1.03. The van der Waals surface area contributed by atoms with Crippen LogP contribution >= 0.6 is 0 Å². The van der Waals surface area contributed by atoms with Crippen molar-refractivity contribution in [2.45, 2.75) is 31.5 Å². The zero-order valence-corrected chi connectivity index (χ0v) is 13.1. The van der Waals surface area contributed by atoms with Gasteiger partial charge < -0.3 is 4.90 Å². The van der Waals surface area contributed by atoms with Gasteiger partial charge in [-0.1, -0.05) is 30.3 Å². The number of urea groups is 1. The number of nitrogens with zero attached hydrogens (tertiary/aromatic N) is 4. The molecule has 0 aromatic heterocycles. The Morgan fingerprint density at radius 2 is 2.12 bits per heavy atom. The van der Waals surface area contributed by atoms with Crippen molar-refractivity contribution in [3.8, 4) is 0 Å². The minimum absolute atomic E-state index is 0.00846. The monoisotopic (exact) mass is 333 g/mol. The molecule has 1 N–H and O–H groups in total. The van der Waals surface area contributed by atoms with Gasteiger partial charge in [-0.25, -0.2) is 4.79 Å². The van der Waals surface area contributed by atoms with Gasteiger partial charge in [0.25, 0.3) is 0 Å². The summed E-state index contributed by atoms with van der Waals surface area (Å²) in [5.41, 5.74) is 3.19. The van der Waals surface area contributed by atoms with Crippen molar-refractivity contribution in [3.63, 3.8) is 0 Å². The minimum Gasteiger partial charge on any atom is -0.316 e. The van der Waals surface area contributed by atoms with E-state index < -0.39 is 0 Å². The number of amides is 3. The van der Waals surface area contributed by atoms with Crippen LogP contribution in [0.25, 0.3) is 0 Å². The molecule has 1 aromatic carbocycles. The predicted molar refractivity (Wildman–Crippen MR) is 83.7 cm³/mol. The summed E-state index contributed by atoms with van der Waals surface area (Å²) in [4.78, 5) is 41.1. The van der Waals surface area contributed by atoms with E-state index in [1.807, 2.05) is 30.3 Å². The average molecular weight is 333 g/mol. The van der Waals surface area contributed by atoms with E-state index in [-0.39, 0.29) is 24.7 Å². The Balaban J connectivity index is 1.60. The Bertz CT molecular complexity index is 599. The number of piperidine rings is 1. The van der Waals surface area contributed by atoms with Gasteiger partial charge in [0, 0.05) is 6.54 Å². The van der Waals surface area contributed by atoms with Gasteiger partial charge in [0.1, 0.15) is 6.61 Å². The van der Waals surface area contributed by atoms with Gasteiger partial charge in [0.2, 0.25) is 6.41 Å². The first-order chi connectivity index (χ1) is 11.7. The van der Waals surface area contributed by atoms with Crippen LogP contribution in [0.3, 0.4) is 0 Å². The third kappa shape index (κ3) is 3.30. The van der Waals surface area contributed by atoms with Crippen LogP contribution < -0.4 is 5.43 Å². The highest BCUT2D eigenvalue weighted by Crippen LogP contribution is 2.30. The molecule has 3 rings (SSSR count). The SMILES string of the molecule is O=CNN(C[C@@H]1CCC2CN1C(=O)N2OCc1ccccc1)N=O. The number of hydrogen-bond donors (Lipinski definition) is 1. The van der Waals surface area contributed by atoms with Crippen LogP contribution in [0.1, 0.15) is 18.4 Å². The highest BCUT2D eigenvalue weighted by molar-refractivity contribution is 5.77. The van der Waals surface area contributed by atoms with Crippen molar-refractivity contribution in [1.82, 2.24) is 20.5 Å². The molecule has 3 amide bonds. The Morgan fingerprint density at radius 1 is 1.33 bits per heavy atom. The highest BCUT2D eigenvalue weighted by atomic mass is 16.7. The number of benzene rings is 1. The number of carbonyl (C=O) groups is 2. The summed E-state index contributed by atoms with van der Waals surface area (Å²) in [5, 5.41) is 5.06. The van der Waals surface area contributed by atoms with Crippen LogP contribution in [-0.4, -0.2) is 52.7 Å². The van der Waals surface area contributed by atoms with E-state index >= 15 is 0 Å². The van der Waals surface area contributed by atoms with Crippen LogP contribution in [0.4, 0.5) is 4.79 Å². The Kier molecular flexibility index (Phi) is 4.90. The lowest BCUT2D eigenvalue weighted by Crippen LogP contribution is -2.48. The number of carbonyl (C=O) groups excluding carboxylic acids is 2. The molecule has 128 valence electrons. The van der Waals surface area contributed by atoms with Crippen LogP contribution in [0.2, 0.25) is 0 Å². The molecule has 2 heterocycles. The third-order valence-corrected chi connectivity index (χ3v) is 4.34. The molecule has 0 radical (unpaired) electrons. The van der Waals surface area contributed by atoms with E-state index in [2.05, 4.69) is 10.7 Å². The number of fused-ring (bicyclic) bond motifs is 2. The molecule has 2 aliphatic rings. The largest absolute Gasteiger partial charge is 0.344 e. The molecule has 0 aliphatic carbocycles. The lowest BCUT2D eigenvalue weighted by atomic mass is 10.0. The van der Waals surface area contributed by atoms with E-state index in [1.54, 1.807) is 4.90 Å². The third-order valence-electron chi connectivity index (χ3n) is 4.34. The summed E-state index contributed by atoms with van der Waals surface area (Å²) in [6, 6.07) is 9.25. The molecule has 2 saturated heterocycles. The van der Waals surface area contributed by atoms with Gasteiger partial charge in [0.15, 0.2) is 0 Å². The standard InChI is InChI=1S/C15H19N5O4/c21-11-16-19(17-23)9-13-6-7-14-8-18(13)15(22)20(14)24-10-12-4-2-1-3-5-12/h1-5,11,13-14H,6-10H2,(H,16,21)/t13-,14?/m0/s1. The molecule has 9 nitrogen and oxygen atoms in total. The first kappa shape index (κ1) is 16.2. The summed E-state index contributed by atoms with van der Waals surface area (Å²) < 4.78 is 0. The second-order valence-electron chi connectivity index (χ2n) is 5.82. The van der Waals surface area contributed by atoms with Crippen molar-refractivity contribution >= 4 is 12.4 Å². The molecule has 2 bridgehead atoms. The van der Waals surface area contributed by atoms with Crippen molar-refractivity contribution in [3.05, 3.63) is 40.8 Å². The second-order valence-corrected chi connectivity index (χ2v) is 5.82. The van der Waals surface area contributed by atoms with Gasteiger partial charge in [-0.05, 0) is 18.4 Å². The summed E-state index contributed by atoms with van der Waals surface area (Å²) in [6.07, 6.45) is 1.87. The highest BCUT2D eigenvalue weighted by Gasteiger charge is 2.46. The maximum Gasteiger partial charge on any atom is 0.344 e. The summed E-state index contributed by atoms with van der Waals surface area (Å²) in [5.74, 6) is 0. The van der Waals surface area contributed by atoms with E-state index in [0.717, 1.165) is 17.1 Å². The number of hydroxylamine groups is 2. The molecular weight excluding hydrogens is 314 g/mol. The van der Waals surface area contributed by atoms with Gasteiger partial charge >= 0.3 is 6.03 Å². The van der Waals surface area contributed by atoms with Crippen molar-refractivity contribution in [2.75, 3.05) is 13.1 Å². The molecule has 9 heteroatoms. The maximum absolute atomic E-state index is 12.6. The van der Waals surface area contributed by atoms with Crippen LogP contribution in [-0.2, 0) is 16.2 Å². The van der Waals surface area contributed by atoms with Gasteiger partial charge in [-0.3, -0.25) is 15.1 Å². The fourth-order valence-corrected chi connectivity index (χ4v) is 3.16. The summed E-state index contributed by atoms with van der Waals surface area (Å²) >= 11 is 0. The number of hydrogen-bond acceptors (Lipinski definition) is 5. The van der Waals surface area contributed by atoms with Crippen LogP contribution in [0.5, 0.6) is 0 Å². The number of nitrogens with one attached hydrogen (secondary N) is 1. The van der Waals surface area contributed by atoms with E-state index in [9.17, 15) is 14.5 Å². The molecule has 1 aromatic rings. The molecule has 24 heavy (non-hydrogen) atoms. The van der Waals surface area contributed by atoms with Gasteiger partial charge in [0.05, 0.1) is 23.9 Å². The molecular formula is C15H19N5O4. The first-order valence-electron chi connectivity index (χ1n) is 7.80. The van der Waals surface area contributed by atoms with E-state index in [1.165, 1.54) is 5.06 Å². The van der Waals surface area contributed by atoms with Gasteiger partial charge in [-0.15, -0.1) is 4.91 Å². The Labute approximate surface area is 139 Å². The zero-order valence-electron chi connectivity index (χ0n) is 13.1. The fraction of sp³-hybridized carbons (Fsp3) is 0.467. The Morgan fingerprint density at radius 3 is 2.83 bits per heavy atom. The maximum atomic E-state index is 12.6. The molecule has 0 saturated carbocycles. The van der Waals surface area contributed by atoms with Gasteiger partial charge in [-0.2, -0.15) is 10.2 Å². The molecule has 2 aliphatic heterocycles. The fourth-order valence-electron chi connectivity index (χ4n) is 3.16. The molecule has 2 fully saturated rings. The topological polar surface area (TPSA) is 94.6 Å². The van der Waals surface area contributed by atoms with E-state index in [0.29, 0.717) is 26.0 Å². The minimum atomic E-state index is -0.213. The van der Waals surface area contributed by atoms with Crippen molar-refractivity contribution in [2.24, 2.45) is 5.29 Å². The van der Waals surface area contributed by atoms with Crippen molar-refractivity contribution < 1.29 is 14.4 Å². The molecule has 1 unspecified atom stereocenters. The average Bonchev–Trinajstić information content (AvgIpc) is 2.87. The summed E-state index contributed by atoms with van der Waals surface area (Å²) in [6.45, 7) is 1.04. The van der Waals surface area contributed by atoms with Crippen LogP contribution in [0, 0.1) is 4.91 Å². The zero-order chi connectivity index (χ0) is 16.9. The summed E-state index contributed by atoms with van der Waals surface area (Å²) in [7, 11) is 0. The molecule has 0 spiro atoms. The lowest BCUT2D eigenvalue weighted by molar-refractivity contribution is -0.140. The lowest BCUT2D eigenvalue weighted by Gasteiger charge is -2.31. The smallest absolute Gasteiger partial charge is 0.316 e.